The molecule has 2 aromatic heterocycles. The van der Waals surface area contributed by atoms with E-state index in [1.807, 2.05) is 13.8 Å². The fourth-order valence-electron chi connectivity index (χ4n) is 4.14. The van der Waals surface area contributed by atoms with Crippen molar-refractivity contribution in [3.05, 3.63) is 71.3 Å². The molecule has 2 aromatic carbocycles. The van der Waals surface area contributed by atoms with Crippen LogP contribution in [0.25, 0.3) is 22.3 Å². The fourth-order valence-corrected chi connectivity index (χ4v) is 5.66. The smallest absolute Gasteiger partial charge is 0.268 e. The van der Waals surface area contributed by atoms with E-state index in [9.17, 15) is 12.8 Å². The van der Waals surface area contributed by atoms with Crippen molar-refractivity contribution in [2.45, 2.75) is 24.8 Å². The molecule has 34 heavy (non-hydrogen) atoms. The Hall–Kier alpha value is -3.01. The molecule has 0 aliphatic carbocycles. The molecule has 1 aliphatic heterocycles. The van der Waals surface area contributed by atoms with Gasteiger partial charge in [0.1, 0.15) is 16.8 Å². The highest BCUT2D eigenvalue weighted by Crippen LogP contribution is 2.33. The lowest BCUT2D eigenvalue weighted by Crippen LogP contribution is -2.44. The maximum atomic E-state index is 14.8. The van der Waals surface area contributed by atoms with E-state index in [-0.39, 0.29) is 27.4 Å². The lowest BCUT2D eigenvalue weighted by molar-refractivity contribution is 0.0985. The first-order chi connectivity index (χ1) is 16.2. The molecule has 0 spiro atoms. The second-order valence-electron chi connectivity index (χ2n) is 8.31. The zero-order valence-electron chi connectivity index (χ0n) is 18.6. The van der Waals surface area contributed by atoms with E-state index in [1.54, 1.807) is 24.3 Å². The van der Waals surface area contributed by atoms with Crippen molar-refractivity contribution in [2.75, 3.05) is 24.7 Å². The molecule has 0 bridgehead atoms. The summed E-state index contributed by atoms with van der Waals surface area (Å²) in [6.07, 6.45) is 1.41. The molecule has 10 heteroatoms. The molecule has 176 valence electrons. The summed E-state index contributed by atoms with van der Waals surface area (Å²) in [4.78, 5) is 11.2. The Kier molecular flexibility index (Phi) is 5.79. The number of benzene rings is 2. The first-order valence-corrected chi connectivity index (χ1v) is 12.6. The topological polar surface area (TPSA) is 77.3 Å². The number of anilines is 1. The van der Waals surface area contributed by atoms with Gasteiger partial charge in [0.05, 0.1) is 29.7 Å². The highest BCUT2D eigenvalue weighted by molar-refractivity contribution is 7.90. The lowest BCUT2D eigenvalue weighted by atomic mass is 10.1. The van der Waals surface area contributed by atoms with Crippen molar-refractivity contribution in [1.29, 1.82) is 0 Å². The molecule has 7 nitrogen and oxygen atoms in total. The number of hydrogen-bond acceptors (Lipinski definition) is 6. The maximum Gasteiger partial charge on any atom is 0.268 e. The molecule has 0 unspecified atom stereocenters. The van der Waals surface area contributed by atoms with Gasteiger partial charge in [-0.2, -0.15) is 0 Å². The average molecular weight is 501 g/mol. The van der Waals surface area contributed by atoms with E-state index in [0.717, 1.165) is 9.54 Å². The number of halogens is 2. The third-order valence-corrected chi connectivity index (χ3v) is 7.80. The summed E-state index contributed by atoms with van der Waals surface area (Å²) in [5.41, 5.74) is 1.49. The molecule has 1 atom stereocenters. The van der Waals surface area contributed by atoms with E-state index < -0.39 is 15.8 Å². The predicted octanol–water partition coefficient (Wildman–Crippen LogP) is 4.66. The number of rotatable bonds is 4. The monoisotopic (exact) mass is 500 g/mol. The van der Waals surface area contributed by atoms with Crippen LogP contribution in [0.2, 0.25) is 5.15 Å². The fraction of sp³-hybridized carbons (Fsp3) is 0.250. The molecule has 0 N–H and O–H groups in total. The van der Waals surface area contributed by atoms with Gasteiger partial charge in [-0.3, -0.25) is 0 Å². The van der Waals surface area contributed by atoms with Crippen LogP contribution in [0, 0.1) is 12.7 Å². The number of aromatic nitrogens is 3. The quantitative estimate of drug-likeness (QED) is 0.379. The van der Waals surface area contributed by atoms with E-state index in [4.69, 9.17) is 16.3 Å². The van der Waals surface area contributed by atoms with E-state index >= 15 is 0 Å². The molecular weight excluding hydrogens is 479 g/mol. The summed E-state index contributed by atoms with van der Waals surface area (Å²) in [6, 6.07) is 12.4. The van der Waals surface area contributed by atoms with Crippen molar-refractivity contribution < 1.29 is 17.5 Å². The van der Waals surface area contributed by atoms with Crippen molar-refractivity contribution in [3.63, 3.8) is 0 Å². The molecule has 3 heterocycles. The second-order valence-corrected chi connectivity index (χ2v) is 10.5. The Balaban J connectivity index is 1.65. The SMILES string of the molecule is Cc1ccc(S(=O)(=O)n2ccc3c(-c4nc(Cl)cc(N5CCOC[C@H]5C)n4)cc(F)cc32)cc1. The Morgan fingerprint density at radius 3 is 2.62 bits per heavy atom. The van der Waals surface area contributed by atoms with Gasteiger partial charge in [0, 0.05) is 29.8 Å². The number of fused-ring (bicyclic) bond motifs is 1. The third-order valence-electron chi connectivity index (χ3n) is 5.90. The molecule has 5 rings (SSSR count). The van der Waals surface area contributed by atoms with Crippen LogP contribution in [-0.4, -0.2) is 48.2 Å². The first-order valence-electron chi connectivity index (χ1n) is 10.8. The van der Waals surface area contributed by atoms with Crippen LogP contribution >= 0.6 is 11.6 Å². The maximum absolute atomic E-state index is 14.8. The number of hydrogen-bond donors (Lipinski definition) is 0. The van der Waals surface area contributed by atoms with Crippen LogP contribution in [0.5, 0.6) is 0 Å². The number of ether oxygens (including phenoxy) is 1. The standard InChI is InChI=1S/C24H22ClFN4O3S/c1-15-3-5-18(6-4-15)34(31,32)30-8-7-19-20(11-17(26)12-21(19)30)24-27-22(25)13-23(28-24)29-9-10-33-14-16(29)2/h3-8,11-13,16H,9-10,14H2,1-2H3/t16-/m1/s1. The highest BCUT2D eigenvalue weighted by Gasteiger charge is 2.24. The van der Waals surface area contributed by atoms with Gasteiger partial charge in [-0.1, -0.05) is 29.3 Å². The number of nitrogens with zero attached hydrogens (tertiary/aromatic N) is 4. The molecular formula is C24H22ClFN4O3S. The third kappa shape index (κ3) is 4.04. The number of morpholine rings is 1. The zero-order chi connectivity index (χ0) is 24.0. The van der Waals surface area contributed by atoms with Crippen LogP contribution in [0.3, 0.4) is 0 Å². The minimum atomic E-state index is -3.93. The van der Waals surface area contributed by atoms with Crippen LogP contribution in [0.1, 0.15) is 12.5 Å². The zero-order valence-corrected chi connectivity index (χ0v) is 20.1. The van der Waals surface area contributed by atoms with Gasteiger partial charge in [0.15, 0.2) is 5.82 Å². The minimum Gasteiger partial charge on any atom is -0.377 e. The Labute approximate surface area is 201 Å². The molecule has 0 saturated carbocycles. The summed E-state index contributed by atoms with van der Waals surface area (Å²) in [5, 5.41) is 0.711. The first kappa shape index (κ1) is 22.8. The van der Waals surface area contributed by atoms with Crippen molar-refractivity contribution in [2.24, 2.45) is 0 Å². The summed E-state index contributed by atoms with van der Waals surface area (Å²) in [7, 11) is -3.93. The molecule has 1 saturated heterocycles. The Morgan fingerprint density at radius 1 is 1.12 bits per heavy atom. The highest BCUT2D eigenvalue weighted by atomic mass is 35.5. The largest absolute Gasteiger partial charge is 0.377 e. The summed E-state index contributed by atoms with van der Waals surface area (Å²) < 4.78 is 48.0. The number of aryl methyl sites for hydroxylation is 1. The Morgan fingerprint density at radius 2 is 1.88 bits per heavy atom. The van der Waals surface area contributed by atoms with Crippen molar-refractivity contribution in [3.8, 4) is 11.4 Å². The van der Waals surface area contributed by atoms with Gasteiger partial charge in [0.2, 0.25) is 0 Å². The van der Waals surface area contributed by atoms with E-state index in [1.165, 1.54) is 30.5 Å². The van der Waals surface area contributed by atoms with Gasteiger partial charge in [-0.25, -0.2) is 26.7 Å². The predicted molar refractivity (Wildman–Crippen MR) is 129 cm³/mol. The minimum absolute atomic E-state index is 0.0841. The Bertz CT molecular complexity index is 1490. The second kappa shape index (κ2) is 8.65. The van der Waals surface area contributed by atoms with Gasteiger partial charge < -0.3 is 9.64 Å². The van der Waals surface area contributed by atoms with Gasteiger partial charge in [-0.05, 0) is 44.2 Å². The summed E-state index contributed by atoms with van der Waals surface area (Å²) >= 11 is 6.32. The summed E-state index contributed by atoms with van der Waals surface area (Å²) in [6.45, 7) is 5.65. The van der Waals surface area contributed by atoms with E-state index in [2.05, 4.69) is 14.9 Å². The summed E-state index contributed by atoms with van der Waals surface area (Å²) in [5.74, 6) is 0.220. The van der Waals surface area contributed by atoms with Gasteiger partial charge in [0.25, 0.3) is 10.0 Å². The average Bonchev–Trinajstić information content (AvgIpc) is 3.23. The van der Waals surface area contributed by atoms with Crippen molar-refractivity contribution >= 4 is 38.3 Å². The van der Waals surface area contributed by atoms with Crippen LogP contribution in [-0.2, 0) is 14.8 Å². The molecule has 1 fully saturated rings. The van der Waals surface area contributed by atoms with Gasteiger partial charge in [-0.15, -0.1) is 0 Å². The van der Waals surface area contributed by atoms with Crippen molar-refractivity contribution in [1.82, 2.24) is 13.9 Å². The molecule has 0 amide bonds. The van der Waals surface area contributed by atoms with Gasteiger partial charge >= 0.3 is 0 Å². The molecule has 4 aromatic rings. The van der Waals surface area contributed by atoms with Crippen LogP contribution in [0.4, 0.5) is 10.2 Å². The molecule has 1 aliphatic rings. The van der Waals surface area contributed by atoms with E-state index in [0.29, 0.717) is 36.5 Å². The van der Waals surface area contributed by atoms with Crippen LogP contribution < -0.4 is 4.90 Å². The molecule has 0 radical (unpaired) electrons. The van der Waals surface area contributed by atoms with Crippen LogP contribution in [0.15, 0.2) is 59.6 Å². The normalized spacial score (nSPS) is 16.8. The lowest BCUT2D eigenvalue weighted by Gasteiger charge is -2.34.